The molecule has 0 unspecified atom stereocenters. The molecule has 3 aromatic rings. The Labute approximate surface area is 160 Å². The van der Waals surface area contributed by atoms with Crippen LogP contribution in [0.1, 0.15) is 45.8 Å². The number of hydrogen-bond acceptors (Lipinski definition) is 5. The van der Waals surface area contributed by atoms with Crippen molar-refractivity contribution in [3.05, 3.63) is 69.0 Å². The fourth-order valence-electron chi connectivity index (χ4n) is 2.47. The SMILES string of the molecule is O=C(NCc1csc(C2CC2)n1)c1ccc(COc2cccc(Cl)c2)o1. The normalized spacial score (nSPS) is 13.6. The highest BCUT2D eigenvalue weighted by atomic mass is 35.5. The Bertz CT molecular complexity index is 917. The summed E-state index contributed by atoms with van der Waals surface area (Å²) >= 11 is 7.58. The summed E-state index contributed by atoms with van der Waals surface area (Å²) in [6, 6.07) is 10.5. The van der Waals surface area contributed by atoms with E-state index >= 15 is 0 Å². The van der Waals surface area contributed by atoms with Gasteiger partial charge < -0.3 is 14.5 Å². The third-order valence-electron chi connectivity index (χ3n) is 3.99. The molecule has 0 saturated heterocycles. The number of halogens is 1. The summed E-state index contributed by atoms with van der Waals surface area (Å²) in [6.07, 6.45) is 2.46. The monoisotopic (exact) mass is 388 g/mol. The number of ether oxygens (including phenoxy) is 1. The van der Waals surface area contributed by atoms with E-state index in [-0.39, 0.29) is 18.3 Å². The lowest BCUT2D eigenvalue weighted by atomic mass is 10.3. The predicted molar refractivity (Wildman–Crippen MR) is 99.8 cm³/mol. The van der Waals surface area contributed by atoms with Gasteiger partial charge in [0.15, 0.2) is 5.76 Å². The van der Waals surface area contributed by atoms with Crippen molar-refractivity contribution >= 4 is 28.8 Å². The highest BCUT2D eigenvalue weighted by Crippen LogP contribution is 2.41. The van der Waals surface area contributed by atoms with Crippen LogP contribution in [0.4, 0.5) is 0 Å². The Hall–Kier alpha value is -2.31. The second-order valence-electron chi connectivity index (χ2n) is 6.15. The summed E-state index contributed by atoms with van der Waals surface area (Å²) in [5, 5.41) is 6.62. The van der Waals surface area contributed by atoms with E-state index in [0.717, 1.165) is 5.69 Å². The van der Waals surface area contributed by atoms with Crippen molar-refractivity contribution in [1.29, 1.82) is 0 Å². The van der Waals surface area contributed by atoms with Crippen LogP contribution in [0.5, 0.6) is 5.75 Å². The van der Waals surface area contributed by atoms with Crippen LogP contribution in [0, 0.1) is 0 Å². The number of rotatable bonds is 7. The van der Waals surface area contributed by atoms with Crippen molar-refractivity contribution in [2.45, 2.75) is 31.9 Å². The number of carbonyl (C=O) groups is 1. The number of carbonyl (C=O) groups excluding carboxylic acids is 1. The maximum absolute atomic E-state index is 12.2. The van der Waals surface area contributed by atoms with Crippen molar-refractivity contribution in [2.75, 3.05) is 0 Å². The standard InChI is InChI=1S/C19H17ClN2O3S/c20-13-2-1-3-15(8-13)24-10-16-6-7-17(25-16)18(23)21-9-14-11-26-19(22-14)12-4-5-12/h1-3,6-8,11-12H,4-5,9-10H2,(H,21,23). The number of thiazole rings is 1. The first-order valence-corrected chi connectivity index (χ1v) is 9.63. The first-order chi connectivity index (χ1) is 12.7. The summed E-state index contributed by atoms with van der Waals surface area (Å²) in [7, 11) is 0. The molecule has 1 aromatic carbocycles. The van der Waals surface area contributed by atoms with Gasteiger partial charge in [0.05, 0.1) is 17.2 Å². The zero-order valence-electron chi connectivity index (χ0n) is 13.9. The van der Waals surface area contributed by atoms with E-state index in [1.54, 1.807) is 35.6 Å². The minimum Gasteiger partial charge on any atom is -0.486 e. The topological polar surface area (TPSA) is 64.4 Å². The van der Waals surface area contributed by atoms with Gasteiger partial charge in [-0.3, -0.25) is 4.79 Å². The highest BCUT2D eigenvalue weighted by molar-refractivity contribution is 7.09. The zero-order chi connectivity index (χ0) is 17.9. The molecule has 0 aliphatic heterocycles. The summed E-state index contributed by atoms with van der Waals surface area (Å²) in [5.41, 5.74) is 0.890. The maximum Gasteiger partial charge on any atom is 0.287 e. The van der Waals surface area contributed by atoms with Crippen molar-refractivity contribution in [2.24, 2.45) is 0 Å². The van der Waals surface area contributed by atoms with Crippen molar-refractivity contribution in [3.63, 3.8) is 0 Å². The Kier molecular flexibility index (Phi) is 4.95. The molecule has 7 heteroatoms. The van der Waals surface area contributed by atoms with E-state index in [4.69, 9.17) is 20.8 Å². The predicted octanol–water partition coefficient (Wildman–Crippen LogP) is 4.78. The van der Waals surface area contributed by atoms with Crippen molar-refractivity contribution in [3.8, 4) is 5.75 Å². The zero-order valence-corrected chi connectivity index (χ0v) is 15.5. The lowest BCUT2D eigenvalue weighted by molar-refractivity contribution is 0.0918. The molecule has 0 radical (unpaired) electrons. The van der Waals surface area contributed by atoms with E-state index in [9.17, 15) is 4.79 Å². The number of nitrogens with zero attached hydrogens (tertiary/aromatic N) is 1. The van der Waals surface area contributed by atoms with Crippen LogP contribution in [-0.4, -0.2) is 10.9 Å². The lowest BCUT2D eigenvalue weighted by Gasteiger charge is -2.04. The fraction of sp³-hybridized carbons (Fsp3) is 0.263. The van der Waals surface area contributed by atoms with Gasteiger partial charge in [-0.05, 0) is 43.2 Å². The van der Waals surface area contributed by atoms with Gasteiger partial charge in [0, 0.05) is 16.3 Å². The fourth-order valence-corrected chi connectivity index (χ4v) is 3.64. The molecule has 1 aliphatic rings. The van der Waals surface area contributed by atoms with Crippen LogP contribution in [0.15, 0.2) is 46.2 Å². The smallest absolute Gasteiger partial charge is 0.287 e. The molecule has 0 spiro atoms. The first kappa shape index (κ1) is 17.1. The first-order valence-electron chi connectivity index (χ1n) is 8.37. The Morgan fingerprint density at radius 2 is 2.23 bits per heavy atom. The molecule has 1 amide bonds. The summed E-state index contributed by atoms with van der Waals surface area (Å²) in [6.45, 7) is 0.627. The third kappa shape index (κ3) is 4.26. The van der Waals surface area contributed by atoms with Crippen LogP contribution >= 0.6 is 22.9 Å². The third-order valence-corrected chi connectivity index (χ3v) is 5.28. The van der Waals surface area contributed by atoms with Gasteiger partial charge in [-0.25, -0.2) is 4.98 Å². The molecule has 1 fully saturated rings. The van der Waals surface area contributed by atoms with Crippen LogP contribution < -0.4 is 10.1 Å². The van der Waals surface area contributed by atoms with Gasteiger partial charge in [0.25, 0.3) is 5.91 Å². The summed E-state index contributed by atoms with van der Waals surface area (Å²) in [5.74, 6) is 1.85. The molecule has 0 atom stereocenters. The number of amides is 1. The van der Waals surface area contributed by atoms with Gasteiger partial charge in [0.1, 0.15) is 18.1 Å². The second kappa shape index (κ2) is 7.51. The largest absolute Gasteiger partial charge is 0.486 e. The summed E-state index contributed by atoms with van der Waals surface area (Å²) < 4.78 is 11.2. The molecule has 1 saturated carbocycles. The minimum atomic E-state index is -0.264. The van der Waals surface area contributed by atoms with Crippen molar-refractivity contribution in [1.82, 2.24) is 10.3 Å². The van der Waals surface area contributed by atoms with Gasteiger partial charge >= 0.3 is 0 Å². The van der Waals surface area contributed by atoms with Crippen LogP contribution in [0.25, 0.3) is 0 Å². The quantitative estimate of drug-likeness (QED) is 0.632. The molecule has 1 N–H and O–H groups in total. The lowest BCUT2D eigenvalue weighted by Crippen LogP contribution is -2.22. The number of aromatic nitrogens is 1. The van der Waals surface area contributed by atoms with E-state index in [0.29, 0.717) is 29.0 Å². The van der Waals surface area contributed by atoms with Crippen LogP contribution in [0.2, 0.25) is 5.02 Å². The molecular formula is C19H17ClN2O3S. The average Bonchev–Trinajstić information content (AvgIpc) is 3.19. The van der Waals surface area contributed by atoms with E-state index in [1.807, 2.05) is 17.5 Å². The Morgan fingerprint density at radius 1 is 1.35 bits per heavy atom. The van der Waals surface area contributed by atoms with Crippen LogP contribution in [0.3, 0.4) is 0 Å². The molecule has 0 bridgehead atoms. The summed E-state index contributed by atoms with van der Waals surface area (Å²) in [4.78, 5) is 16.8. The maximum atomic E-state index is 12.2. The molecule has 5 nitrogen and oxygen atoms in total. The number of hydrogen-bond donors (Lipinski definition) is 1. The molecule has 26 heavy (non-hydrogen) atoms. The Morgan fingerprint density at radius 3 is 3.04 bits per heavy atom. The van der Waals surface area contributed by atoms with Gasteiger partial charge in [-0.1, -0.05) is 17.7 Å². The van der Waals surface area contributed by atoms with Crippen LogP contribution in [-0.2, 0) is 13.2 Å². The number of nitrogens with one attached hydrogen (secondary N) is 1. The van der Waals surface area contributed by atoms with Gasteiger partial charge in [0.2, 0.25) is 0 Å². The number of furan rings is 1. The average molecular weight is 389 g/mol. The molecule has 1 aliphatic carbocycles. The molecule has 2 aromatic heterocycles. The van der Waals surface area contributed by atoms with E-state index in [1.165, 1.54) is 17.8 Å². The van der Waals surface area contributed by atoms with Gasteiger partial charge in [-0.15, -0.1) is 11.3 Å². The molecule has 2 heterocycles. The molecule has 134 valence electrons. The second-order valence-corrected chi connectivity index (χ2v) is 7.47. The molecular weight excluding hydrogens is 372 g/mol. The number of benzene rings is 1. The van der Waals surface area contributed by atoms with E-state index < -0.39 is 0 Å². The van der Waals surface area contributed by atoms with Crippen molar-refractivity contribution < 1.29 is 13.9 Å². The molecule has 4 rings (SSSR count). The Balaban J connectivity index is 1.29. The van der Waals surface area contributed by atoms with Gasteiger partial charge in [-0.2, -0.15) is 0 Å². The minimum absolute atomic E-state index is 0.227. The highest BCUT2D eigenvalue weighted by Gasteiger charge is 2.26. The van der Waals surface area contributed by atoms with E-state index in [2.05, 4.69) is 10.3 Å².